The van der Waals surface area contributed by atoms with Gasteiger partial charge >= 0.3 is 0 Å². The van der Waals surface area contributed by atoms with Gasteiger partial charge in [0.15, 0.2) is 23.4 Å². The van der Waals surface area contributed by atoms with Crippen LogP contribution in [0.25, 0.3) is 0 Å². The SMILES string of the molecule is C[N@+]1(CC2CC2)CC[C@]23c4c5ccc(O)c4OC2C(=O)CCC3(O)C1C5. The van der Waals surface area contributed by atoms with Crippen molar-refractivity contribution in [3.05, 3.63) is 23.3 Å². The summed E-state index contributed by atoms with van der Waals surface area (Å²) in [6.07, 6.45) is 4.42. The van der Waals surface area contributed by atoms with Crippen molar-refractivity contribution in [2.24, 2.45) is 5.92 Å². The van der Waals surface area contributed by atoms with Crippen molar-refractivity contribution in [3.8, 4) is 11.5 Å². The summed E-state index contributed by atoms with van der Waals surface area (Å²) in [7, 11) is 2.31. The molecule has 5 heteroatoms. The van der Waals surface area contributed by atoms with Crippen molar-refractivity contribution >= 4 is 5.78 Å². The molecule has 26 heavy (non-hydrogen) atoms. The van der Waals surface area contributed by atoms with E-state index in [9.17, 15) is 15.0 Å². The summed E-state index contributed by atoms with van der Waals surface area (Å²) in [5.41, 5.74) is 0.492. The molecule has 3 fully saturated rings. The smallest absolute Gasteiger partial charge is 0.174 e. The number of ether oxygens (including phenoxy) is 1. The molecular weight excluding hydrogens is 330 g/mol. The number of aromatic hydroxyl groups is 1. The minimum Gasteiger partial charge on any atom is -0.504 e. The molecule has 1 saturated heterocycles. The third-order valence-corrected chi connectivity index (χ3v) is 8.28. The maximum absolute atomic E-state index is 12.8. The zero-order valence-electron chi connectivity index (χ0n) is 15.2. The summed E-state index contributed by atoms with van der Waals surface area (Å²) in [5.74, 6) is 1.42. The Balaban J connectivity index is 1.60. The van der Waals surface area contributed by atoms with Crippen molar-refractivity contribution in [2.45, 2.75) is 61.7 Å². The predicted octanol–water partition coefficient (Wildman–Crippen LogP) is 1.67. The van der Waals surface area contributed by atoms with Gasteiger partial charge in [-0.25, -0.2) is 0 Å². The number of hydrogen-bond donors (Lipinski definition) is 2. The van der Waals surface area contributed by atoms with Gasteiger partial charge in [-0.2, -0.15) is 0 Å². The van der Waals surface area contributed by atoms with Gasteiger partial charge in [-0.15, -0.1) is 0 Å². The molecule has 3 unspecified atom stereocenters. The molecule has 0 amide bonds. The fourth-order valence-electron chi connectivity index (χ4n) is 6.94. The summed E-state index contributed by atoms with van der Waals surface area (Å²) >= 11 is 0. The quantitative estimate of drug-likeness (QED) is 0.791. The van der Waals surface area contributed by atoms with Gasteiger partial charge in [0.1, 0.15) is 11.6 Å². The van der Waals surface area contributed by atoms with Gasteiger partial charge in [0.2, 0.25) is 0 Å². The number of carbonyl (C=O) groups is 1. The maximum atomic E-state index is 12.8. The minimum atomic E-state index is -0.931. The number of piperidine rings is 1. The highest BCUT2D eigenvalue weighted by atomic mass is 16.5. The zero-order valence-corrected chi connectivity index (χ0v) is 15.2. The number of phenols is 1. The lowest BCUT2D eigenvalue weighted by Crippen LogP contribution is -2.80. The van der Waals surface area contributed by atoms with E-state index in [-0.39, 0.29) is 17.6 Å². The lowest BCUT2D eigenvalue weighted by atomic mass is 9.48. The van der Waals surface area contributed by atoms with E-state index in [1.54, 1.807) is 6.07 Å². The number of aliphatic hydroxyl groups is 1. The molecule has 0 radical (unpaired) electrons. The maximum Gasteiger partial charge on any atom is 0.174 e. The van der Waals surface area contributed by atoms with E-state index in [0.29, 0.717) is 18.6 Å². The van der Waals surface area contributed by atoms with Crippen LogP contribution in [0.15, 0.2) is 12.1 Å². The molecule has 138 valence electrons. The first-order valence-corrected chi connectivity index (χ1v) is 10.0. The van der Waals surface area contributed by atoms with Crippen LogP contribution >= 0.6 is 0 Å². The number of Topliss-reactive ketones (excluding diaryl/α,β-unsaturated/α-hetero) is 1. The first-order valence-electron chi connectivity index (χ1n) is 10.0. The van der Waals surface area contributed by atoms with Gasteiger partial charge < -0.3 is 19.4 Å². The van der Waals surface area contributed by atoms with Gasteiger partial charge in [0.05, 0.1) is 25.6 Å². The third kappa shape index (κ3) is 1.55. The molecule has 1 aromatic rings. The highest BCUT2D eigenvalue weighted by molar-refractivity contribution is 5.90. The molecule has 5 nitrogen and oxygen atoms in total. The van der Waals surface area contributed by atoms with Crippen molar-refractivity contribution in [2.75, 3.05) is 20.1 Å². The standard InChI is InChI=1S/C21H25NO4/c1-22(11-12-2-3-12)9-8-20-17-13-4-5-14(23)18(17)26-19(20)15(24)6-7-21(20,25)16(22)10-13/h4-5,12,16,19,25H,2-3,6-11H2,1H3/p+1/t16?,19?,20-,21?,22+/m0/s1. The summed E-state index contributed by atoms with van der Waals surface area (Å²) in [5, 5.41) is 22.5. The van der Waals surface area contributed by atoms with Gasteiger partial charge in [0.25, 0.3) is 0 Å². The molecule has 2 bridgehead atoms. The molecule has 6 rings (SSSR count). The zero-order chi connectivity index (χ0) is 17.9. The molecule has 2 aliphatic heterocycles. The second kappa shape index (κ2) is 4.45. The fraction of sp³-hybridized carbons (Fsp3) is 0.667. The molecule has 2 saturated carbocycles. The highest BCUT2D eigenvalue weighted by Gasteiger charge is 2.76. The Morgan fingerprint density at radius 3 is 2.88 bits per heavy atom. The van der Waals surface area contributed by atoms with E-state index in [1.807, 2.05) is 6.07 Å². The molecule has 2 heterocycles. The first kappa shape index (κ1) is 15.5. The Morgan fingerprint density at radius 2 is 2.12 bits per heavy atom. The Hall–Kier alpha value is -1.59. The number of likely N-dealkylation sites (tertiary alicyclic amines) is 1. The number of benzene rings is 1. The number of hydrogen-bond acceptors (Lipinski definition) is 4. The lowest BCUT2D eigenvalue weighted by Gasteiger charge is -2.64. The van der Waals surface area contributed by atoms with Crippen LogP contribution < -0.4 is 4.74 Å². The summed E-state index contributed by atoms with van der Waals surface area (Å²) in [6.45, 7) is 2.09. The van der Waals surface area contributed by atoms with E-state index in [0.717, 1.165) is 47.5 Å². The molecule has 5 aliphatic rings. The van der Waals surface area contributed by atoms with Crippen molar-refractivity contribution in [1.29, 1.82) is 0 Å². The summed E-state index contributed by atoms with van der Waals surface area (Å²) in [4.78, 5) is 12.8. The Kier molecular flexibility index (Phi) is 2.65. The summed E-state index contributed by atoms with van der Waals surface area (Å²) < 4.78 is 6.98. The number of quaternary nitrogens is 1. The molecule has 1 aromatic carbocycles. The van der Waals surface area contributed by atoms with Crippen molar-refractivity contribution in [3.63, 3.8) is 0 Å². The van der Waals surface area contributed by atoms with Crippen LogP contribution in [0, 0.1) is 5.92 Å². The van der Waals surface area contributed by atoms with E-state index in [2.05, 4.69) is 7.05 Å². The average molecular weight is 356 g/mol. The normalized spacial score (nSPS) is 45.2. The topological polar surface area (TPSA) is 66.8 Å². The number of rotatable bonds is 2. The van der Waals surface area contributed by atoms with Crippen LogP contribution in [0.2, 0.25) is 0 Å². The third-order valence-electron chi connectivity index (χ3n) is 8.28. The van der Waals surface area contributed by atoms with E-state index >= 15 is 0 Å². The van der Waals surface area contributed by atoms with Gasteiger partial charge in [0, 0.05) is 30.7 Å². The van der Waals surface area contributed by atoms with Gasteiger partial charge in [-0.3, -0.25) is 4.79 Å². The van der Waals surface area contributed by atoms with Crippen LogP contribution in [0.1, 0.15) is 43.2 Å². The average Bonchev–Trinajstić information content (AvgIpc) is 3.32. The van der Waals surface area contributed by atoms with Gasteiger partial charge in [-0.05, 0) is 30.9 Å². The minimum absolute atomic E-state index is 0.0789. The number of ketones is 1. The largest absolute Gasteiger partial charge is 0.504 e. The monoisotopic (exact) mass is 356 g/mol. The Morgan fingerprint density at radius 1 is 1.31 bits per heavy atom. The van der Waals surface area contributed by atoms with Crippen LogP contribution in [-0.4, -0.2) is 58.4 Å². The molecule has 5 atom stereocenters. The molecule has 0 aromatic heterocycles. The van der Waals surface area contributed by atoms with Crippen LogP contribution in [-0.2, 0) is 16.6 Å². The fourth-order valence-corrected chi connectivity index (χ4v) is 6.94. The lowest BCUT2D eigenvalue weighted by molar-refractivity contribution is -0.950. The molecular formula is C21H26NO4+. The predicted molar refractivity (Wildman–Crippen MR) is 94.1 cm³/mol. The van der Waals surface area contributed by atoms with Crippen LogP contribution in [0.3, 0.4) is 0 Å². The number of nitrogens with zero attached hydrogens (tertiary/aromatic N) is 1. The van der Waals surface area contributed by atoms with Crippen molar-refractivity contribution in [1.82, 2.24) is 0 Å². The number of carbonyl (C=O) groups excluding carboxylic acids is 1. The highest BCUT2D eigenvalue weighted by Crippen LogP contribution is 2.65. The van der Waals surface area contributed by atoms with E-state index in [4.69, 9.17) is 4.74 Å². The van der Waals surface area contributed by atoms with Crippen LogP contribution in [0.4, 0.5) is 0 Å². The molecule has 1 spiro atoms. The molecule has 2 N–H and O–H groups in total. The number of phenolic OH excluding ortho intramolecular Hbond substituents is 1. The van der Waals surface area contributed by atoms with Gasteiger partial charge in [-0.1, -0.05) is 6.07 Å². The van der Waals surface area contributed by atoms with E-state index < -0.39 is 17.1 Å². The van der Waals surface area contributed by atoms with Crippen molar-refractivity contribution < 1.29 is 24.2 Å². The first-order chi connectivity index (χ1) is 12.4. The molecule has 3 aliphatic carbocycles. The van der Waals surface area contributed by atoms with E-state index in [1.165, 1.54) is 12.8 Å². The second-order valence-electron chi connectivity index (χ2n) is 9.61. The Bertz CT molecular complexity index is 849. The summed E-state index contributed by atoms with van der Waals surface area (Å²) in [6, 6.07) is 3.77. The second-order valence-corrected chi connectivity index (χ2v) is 9.61. The van der Waals surface area contributed by atoms with Crippen LogP contribution in [0.5, 0.6) is 11.5 Å². The number of likely N-dealkylation sites (N-methyl/N-ethyl adjacent to an activating group) is 1. The Labute approximate surface area is 153 Å².